The summed E-state index contributed by atoms with van der Waals surface area (Å²) in [4.78, 5) is 10.9. The van der Waals surface area contributed by atoms with E-state index in [1.165, 1.54) is 12.1 Å². The van der Waals surface area contributed by atoms with Crippen LogP contribution in [0.3, 0.4) is 0 Å². The molecule has 0 fully saturated rings. The molecule has 0 spiro atoms. The van der Waals surface area contributed by atoms with Gasteiger partial charge in [0.05, 0.1) is 5.56 Å². The van der Waals surface area contributed by atoms with Crippen LogP contribution in [0.2, 0.25) is 0 Å². The second-order valence-corrected chi connectivity index (χ2v) is 4.84. The average molecular weight is 324 g/mol. The van der Waals surface area contributed by atoms with Crippen molar-refractivity contribution in [1.82, 2.24) is 0 Å². The van der Waals surface area contributed by atoms with Gasteiger partial charge in [0.25, 0.3) is 5.91 Å². The van der Waals surface area contributed by atoms with Crippen LogP contribution in [0.4, 0.5) is 4.39 Å². The van der Waals surface area contributed by atoms with Gasteiger partial charge in [-0.05, 0) is 29.8 Å². The SMILES string of the molecule is NC(=O)c1ccc(OCc2cccc(Br)c2)cc1F. The number of benzene rings is 2. The third-order valence-corrected chi connectivity index (χ3v) is 2.99. The van der Waals surface area contributed by atoms with Gasteiger partial charge in [-0.2, -0.15) is 0 Å². The highest BCUT2D eigenvalue weighted by molar-refractivity contribution is 9.10. The van der Waals surface area contributed by atoms with Crippen molar-refractivity contribution < 1.29 is 13.9 Å². The Bertz CT molecular complexity index is 616. The molecule has 0 aliphatic heterocycles. The Labute approximate surface area is 118 Å². The summed E-state index contributed by atoms with van der Waals surface area (Å²) in [6, 6.07) is 11.6. The molecule has 0 saturated carbocycles. The lowest BCUT2D eigenvalue weighted by Gasteiger charge is -2.07. The molecule has 19 heavy (non-hydrogen) atoms. The number of ether oxygens (including phenoxy) is 1. The highest BCUT2D eigenvalue weighted by Gasteiger charge is 2.09. The Morgan fingerprint density at radius 3 is 2.68 bits per heavy atom. The van der Waals surface area contributed by atoms with Gasteiger partial charge in [0.15, 0.2) is 0 Å². The van der Waals surface area contributed by atoms with E-state index >= 15 is 0 Å². The van der Waals surface area contributed by atoms with Crippen LogP contribution in [0.5, 0.6) is 5.75 Å². The Hall–Kier alpha value is -1.88. The first kappa shape index (κ1) is 13.5. The number of hydrogen-bond donors (Lipinski definition) is 1. The molecule has 2 aromatic carbocycles. The van der Waals surface area contributed by atoms with Crippen LogP contribution >= 0.6 is 15.9 Å². The van der Waals surface area contributed by atoms with Crippen molar-refractivity contribution in [3.8, 4) is 5.75 Å². The topological polar surface area (TPSA) is 52.3 Å². The highest BCUT2D eigenvalue weighted by Crippen LogP contribution is 2.18. The molecule has 2 rings (SSSR count). The van der Waals surface area contributed by atoms with Gasteiger partial charge >= 0.3 is 0 Å². The molecule has 0 radical (unpaired) electrons. The second kappa shape index (κ2) is 5.84. The van der Waals surface area contributed by atoms with E-state index in [1.807, 2.05) is 24.3 Å². The van der Waals surface area contributed by atoms with Crippen molar-refractivity contribution in [2.24, 2.45) is 5.73 Å². The van der Waals surface area contributed by atoms with E-state index in [2.05, 4.69) is 15.9 Å². The Kier molecular flexibility index (Phi) is 4.16. The normalized spacial score (nSPS) is 10.2. The van der Waals surface area contributed by atoms with Gasteiger partial charge in [-0.15, -0.1) is 0 Å². The first-order valence-electron chi connectivity index (χ1n) is 5.53. The van der Waals surface area contributed by atoms with Crippen molar-refractivity contribution in [3.05, 3.63) is 63.9 Å². The van der Waals surface area contributed by atoms with Gasteiger partial charge in [0, 0.05) is 10.5 Å². The molecule has 0 saturated heterocycles. The molecule has 0 aromatic heterocycles. The molecular formula is C14H11BrFNO2. The van der Waals surface area contributed by atoms with Crippen LogP contribution in [0, 0.1) is 5.82 Å². The largest absolute Gasteiger partial charge is 0.489 e. The molecular weight excluding hydrogens is 313 g/mol. The molecule has 3 nitrogen and oxygen atoms in total. The van der Waals surface area contributed by atoms with E-state index in [4.69, 9.17) is 10.5 Å². The minimum atomic E-state index is -0.795. The first-order chi connectivity index (χ1) is 9.06. The second-order valence-electron chi connectivity index (χ2n) is 3.92. The predicted octanol–water partition coefficient (Wildman–Crippen LogP) is 3.27. The van der Waals surface area contributed by atoms with E-state index in [9.17, 15) is 9.18 Å². The van der Waals surface area contributed by atoms with Crippen LogP contribution < -0.4 is 10.5 Å². The summed E-state index contributed by atoms with van der Waals surface area (Å²) < 4.78 is 19.9. The molecule has 2 aromatic rings. The fraction of sp³-hybridized carbons (Fsp3) is 0.0714. The molecule has 0 aliphatic rings. The number of carbonyl (C=O) groups is 1. The van der Waals surface area contributed by atoms with Gasteiger partial charge in [0.2, 0.25) is 0 Å². The maximum absolute atomic E-state index is 13.5. The summed E-state index contributed by atoms with van der Waals surface area (Å²) in [5, 5.41) is 0. The smallest absolute Gasteiger partial charge is 0.251 e. The summed E-state index contributed by atoms with van der Waals surface area (Å²) in [6.07, 6.45) is 0. The zero-order valence-corrected chi connectivity index (χ0v) is 11.5. The summed E-state index contributed by atoms with van der Waals surface area (Å²) >= 11 is 3.36. The minimum Gasteiger partial charge on any atom is -0.489 e. The van der Waals surface area contributed by atoms with E-state index < -0.39 is 11.7 Å². The number of amides is 1. The molecule has 0 aliphatic carbocycles. The van der Waals surface area contributed by atoms with E-state index in [0.717, 1.165) is 16.1 Å². The Morgan fingerprint density at radius 1 is 1.26 bits per heavy atom. The zero-order valence-electron chi connectivity index (χ0n) is 9.90. The number of primary amides is 1. The number of halogens is 2. The number of carbonyl (C=O) groups excluding carboxylic acids is 1. The maximum atomic E-state index is 13.5. The van der Waals surface area contributed by atoms with E-state index in [1.54, 1.807) is 0 Å². The van der Waals surface area contributed by atoms with Gasteiger partial charge in [0.1, 0.15) is 18.2 Å². The molecule has 0 heterocycles. The lowest BCUT2D eigenvalue weighted by Crippen LogP contribution is -2.13. The van der Waals surface area contributed by atoms with Crippen LogP contribution in [0.1, 0.15) is 15.9 Å². The van der Waals surface area contributed by atoms with Crippen molar-refractivity contribution in [1.29, 1.82) is 0 Å². The average Bonchev–Trinajstić information content (AvgIpc) is 2.36. The first-order valence-corrected chi connectivity index (χ1v) is 6.32. The molecule has 0 atom stereocenters. The maximum Gasteiger partial charge on any atom is 0.251 e. The van der Waals surface area contributed by atoms with Crippen LogP contribution in [0.25, 0.3) is 0 Å². The highest BCUT2D eigenvalue weighted by atomic mass is 79.9. The van der Waals surface area contributed by atoms with Gasteiger partial charge < -0.3 is 10.5 Å². The lowest BCUT2D eigenvalue weighted by molar-refractivity contribution is 0.0996. The lowest BCUT2D eigenvalue weighted by atomic mass is 10.2. The fourth-order valence-corrected chi connectivity index (χ4v) is 2.03. The summed E-state index contributed by atoms with van der Waals surface area (Å²) in [7, 11) is 0. The van der Waals surface area contributed by atoms with Crippen LogP contribution in [0.15, 0.2) is 46.9 Å². The summed E-state index contributed by atoms with van der Waals surface area (Å²) in [5.41, 5.74) is 5.83. The van der Waals surface area contributed by atoms with Gasteiger partial charge in [-0.25, -0.2) is 4.39 Å². The summed E-state index contributed by atoms with van der Waals surface area (Å²) in [5.74, 6) is -1.13. The Balaban J connectivity index is 2.08. The quantitative estimate of drug-likeness (QED) is 0.938. The number of nitrogens with two attached hydrogens (primary N) is 1. The molecule has 2 N–H and O–H groups in total. The van der Waals surface area contributed by atoms with E-state index in [-0.39, 0.29) is 5.56 Å². The fourth-order valence-electron chi connectivity index (χ4n) is 1.58. The zero-order chi connectivity index (χ0) is 13.8. The predicted molar refractivity (Wildman–Crippen MR) is 73.4 cm³/mol. The third-order valence-electron chi connectivity index (χ3n) is 2.50. The van der Waals surface area contributed by atoms with Crippen LogP contribution in [-0.2, 0) is 6.61 Å². The molecule has 0 bridgehead atoms. The standard InChI is InChI=1S/C14H11BrFNO2/c15-10-3-1-2-9(6-10)8-19-11-4-5-12(14(17)18)13(16)7-11/h1-7H,8H2,(H2,17,18). The minimum absolute atomic E-state index is 0.144. The monoisotopic (exact) mass is 323 g/mol. The van der Waals surface area contributed by atoms with Gasteiger partial charge in [-0.3, -0.25) is 4.79 Å². The Morgan fingerprint density at radius 2 is 2.05 bits per heavy atom. The third kappa shape index (κ3) is 3.54. The van der Waals surface area contributed by atoms with Gasteiger partial charge in [-0.1, -0.05) is 28.1 Å². The molecule has 0 unspecified atom stereocenters. The van der Waals surface area contributed by atoms with Crippen molar-refractivity contribution in [3.63, 3.8) is 0 Å². The van der Waals surface area contributed by atoms with Crippen molar-refractivity contribution >= 4 is 21.8 Å². The van der Waals surface area contributed by atoms with Crippen molar-refractivity contribution in [2.75, 3.05) is 0 Å². The molecule has 1 amide bonds. The van der Waals surface area contributed by atoms with Crippen molar-refractivity contribution in [2.45, 2.75) is 6.61 Å². The summed E-state index contributed by atoms with van der Waals surface area (Å²) in [6.45, 7) is 0.314. The molecule has 98 valence electrons. The van der Waals surface area contributed by atoms with Crippen LogP contribution in [-0.4, -0.2) is 5.91 Å². The molecule has 5 heteroatoms. The number of hydrogen-bond acceptors (Lipinski definition) is 2. The van der Waals surface area contributed by atoms with E-state index in [0.29, 0.717) is 12.4 Å². The number of rotatable bonds is 4.